The predicted octanol–water partition coefficient (Wildman–Crippen LogP) is 0.970. The maximum Gasteiger partial charge on any atom is 0.351 e. The number of hydrogen-bond donors (Lipinski definition) is 2. The Bertz CT molecular complexity index is 764. The van der Waals surface area contributed by atoms with E-state index in [9.17, 15) is 13.6 Å². The summed E-state index contributed by atoms with van der Waals surface area (Å²) in [6, 6.07) is 0. The molecule has 0 aromatic carbocycles. The van der Waals surface area contributed by atoms with Gasteiger partial charge in [-0.05, 0) is 17.5 Å². The van der Waals surface area contributed by atoms with E-state index in [1.807, 2.05) is 0 Å². The molecule has 2 heterocycles. The number of nitrogen functional groups attached to an aromatic ring is 1. The van der Waals surface area contributed by atoms with Crippen LogP contribution in [0, 0.1) is 11.3 Å². The van der Waals surface area contributed by atoms with Crippen molar-refractivity contribution in [3.05, 3.63) is 46.1 Å². The molecule has 0 saturated carbocycles. The SMILES string of the molecule is Nc1nc(=O)n(C2OC(CO)C(=CF)C2=CF)cc1C#CCl. The van der Waals surface area contributed by atoms with Gasteiger partial charge in [0.1, 0.15) is 11.9 Å². The van der Waals surface area contributed by atoms with Gasteiger partial charge in [0.2, 0.25) is 0 Å². The van der Waals surface area contributed by atoms with Gasteiger partial charge < -0.3 is 15.6 Å². The quantitative estimate of drug-likeness (QED) is 0.789. The first-order valence-electron chi connectivity index (χ1n) is 5.94. The van der Waals surface area contributed by atoms with Crippen molar-refractivity contribution in [1.82, 2.24) is 9.55 Å². The fraction of sp³-hybridized carbons (Fsp3) is 0.231. The number of hydrogen-bond acceptors (Lipinski definition) is 5. The number of halogens is 3. The van der Waals surface area contributed by atoms with Crippen molar-refractivity contribution in [2.24, 2.45) is 0 Å². The summed E-state index contributed by atoms with van der Waals surface area (Å²) < 4.78 is 32.2. The molecule has 22 heavy (non-hydrogen) atoms. The Labute approximate surface area is 128 Å². The molecule has 1 aromatic heterocycles. The number of nitrogens with two attached hydrogens (primary N) is 1. The summed E-state index contributed by atoms with van der Waals surface area (Å²) in [6.45, 7) is -0.588. The van der Waals surface area contributed by atoms with Crippen LogP contribution in [0.1, 0.15) is 11.8 Å². The van der Waals surface area contributed by atoms with Crippen molar-refractivity contribution in [1.29, 1.82) is 0 Å². The average Bonchev–Trinajstić information content (AvgIpc) is 2.87. The van der Waals surface area contributed by atoms with E-state index in [1.165, 1.54) is 6.20 Å². The summed E-state index contributed by atoms with van der Waals surface area (Å²) in [5.74, 6) is 2.26. The van der Waals surface area contributed by atoms with Crippen molar-refractivity contribution < 1.29 is 18.6 Å². The molecule has 0 aliphatic carbocycles. The van der Waals surface area contributed by atoms with Crippen LogP contribution in [0.3, 0.4) is 0 Å². The lowest BCUT2D eigenvalue weighted by Crippen LogP contribution is -2.29. The van der Waals surface area contributed by atoms with Crippen molar-refractivity contribution in [2.75, 3.05) is 12.3 Å². The molecule has 1 aromatic rings. The lowest BCUT2D eigenvalue weighted by atomic mass is 10.1. The van der Waals surface area contributed by atoms with Crippen LogP contribution in [0.5, 0.6) is 0 Å². The van der Waals surface area contributed by atoms with E-state index in [1.54, 1.807) is 0 Å². The third-order valence-electron chi connectivity index (χ3n) is 3.06. The maximum atomic E-state index is 13.1. The number of aliphatic hydroxyl groups excluding tert-OH is 1. The fourth-order valence-corrected chi connectivity index (χ4v) is 2.14. The first kappa shape index (κ1) is 16.2. The zero-order valence-corrected chi connectivity index (χ0v) is 11.7. The molecule has 3 N–H and O–H groups in total. The summed E-state index contributed by atoms with van der Waals surface area (Å²) in [6.07, 6.45) is -1.03. The molecule has 1 aliphatic heterocycles. The molecule has 0 amide bonds. The second kappa shape index (κ2) is 6.70. The van der Waals surface area contributed by atoms with E-state index in [2.05, 4.69) is 16.3 Å². The van der Waals surface area contributed by atoms with Gasteiger partial charge in [0.05, 0.1) is 24.8 Å². The number of rotatable bonds is 2. The van der Waals surface area contributed by atoms with Gasteiger partial charge in [-0.25, -0.2) is 13.6 Å². The van der Waals surface area contributed by atoms with Gasteiger partial charge in [0.15, 0.2) is 6.23 Å². The first-order chi connectivity index (χ1) is 10.6. The molecular formula is C13H10ClF2N3O3. The summed E-state index contributed by atoms with van der Waals surface area (Å²) >= 11 is 5.28. The van der Waals surface area contributed by atoms with Crippen LogP contribution in [0.2, 0.25) is 0 Å². The van der Waals surface area contributed by atoms with Crippen molar-refractivity contribution >= 4 is 17.4 Å². The average molecular weight is 330 g/mol. The minimum atomic E-state index is -1.30. The predicted molar refractivity (Wildman–Crippen MR) is 75.0 cm³/mol. The normalized spacial score (nSPS) is 24.5. The van der Waals surface area contributed by atoms with Gasteiger partial charge in [-0.15, -0.1) is 0 Å². The summed E-state index contributed by atoms with van der Waals surface area (Å²) in [7, 11) is 0. The topological polar surface area (TPSA) is 90.4 Å². The van der Waals surface area contributed by atoms with Gasteiger partial charge in [-0.3, -0.25) is 4.57 Å². The summed E-state index contributed by atoms with van der Waals surface area (Å²) in [5.41, 5.74) is 4.34. The van der Waals surface area contributed by atoms with Crippen molar-refractivity contribution in [3.63, 3.8) is 0 Å². The Kier molecular flexibility index (Phi) is 4.92. The second-order valence-corrected chi connectivity index (χ2v) is 4.43. The van der Waals surface area contributed by atoms with Gasteiger partial charge in [0, 0.05) is 22.7 Å². The van der Waals surface area contributed by atoms with Gasteiger partial charge in [-0.2, -0.15) is 4.98 Å². The van der Waals surface area contributed by atoms with Crippen LogP contribution in [-0.2, 0) is 4.74 Å². The number of ether oxygens (including phenoxy) is 1. The first-order valence-corrected chi connectivity index (χ1v) is 6.32. The minimum absolute atomic E-state index is 0.0986. The molecule has 0 spiro atoms. The van der Waals surface area contributed by atoms with Crippen LogP contribution in [-0.4, -0.2) is 27.4 Å². The third kappa shape index (κ3) is 2.74. The van der Waals surface area contributed by atoms with Crippen molar-refractivity contribution in [2.45, 2.75) is 12.3 Å². The number of anilines is 1. The van der Waals surface area contributed by atoms with E-state index in [4.69, 9.17) is 27.2 Å². The highest BCUT2D eigenvalue weighted by Gasteiger charge is 2.37. The number of aromatic nitrogens is 2. The molecule has 1 aliphatic rings. The zero-order valence-electron chi connectivity index (χ0n) is 11.0. The maximum absolute atomic E-state index is 13.1. The number of nitrogens with zero attached hydrogens (tertiary/aromatic N) is 2. The van der Waals surface area contributed by atoms with Crippen LogP contribution in [0.4, 0.5) is 14.6 Å². The standard InChI is InChI=1S/C13H10ClF2N3O3/c14-2-1-7-5-19(13(21)18-11(7)17)12-9(4-16)8(3-15)10(6-20)22-12/h3-5,10,12,20H,6H2,(H2,17,18,21). The molecule has 0 bridgehead atoms. The molecular weight excluding hydrogens is 320 g/mol. The highest BCUT2D eigenvalue weighted by atomic mass is 35.5. The van der Waals surface area contributed by atoms with Crippen molar-refractivity contribution in [3.8, 4) is 11.3 Å². The molecule has 2 unspecified atom stereocenters. The molecule has 9 heteroatoms. The highest BCUT2D eigenvalue weighted by Crippen LogP contribution is 2.38. The molecule has 2 atom stereocenters. The molecule has 1 saturated heterocycles. The Balaban J connectivity index is 2.58. The molecule has 6 nitrogen and oxygen atoms in total. The molecule has 1 fully saturated rings. The van der Waals surface area contributed by atoms with Gasteiger partial charge >= 0.3 is 5.69 Å². The zero-order chi connectivity index (χ0) is 16.3. The van der Waals surface area contributed by atoms with E-state index in [0.29, 0.717) is 0 Å². The van der Waals surface area contributed by atoms with Gasteiger partial charge in [0.25, 0.3) is 0 Å². The molecule has 0 radical (unpaired) electrons. The van der Waals surface area contributed by atoms with Crippen LogP contribution >= 0.6 is 11.6 Å². The Morgan fingerprint density at radius 1 is 1.50 bits per heavy atom. The number of aliphatic hydroxyl groups is 1. The van der Waals surface area contributed by atoms with Gasteiger partial charge in [-0.1, -0.05) is 0 Å². The summed E-state index contributed by atoms with van der Waals surface area (Å²) in [4.78, 5) is 15.4. The lowest BCUT2D eigenvalue weighted by molar-refractivity contribution is -0.00861. The third-order valence-corrected chi connectivity index (χ3v) is 3.15. The Morgan fingerprint density at radius 3 is 2.73 bits per heavy atom. The van der Waals surface area contributed by atoms with Crippen LogP contribution in [0.25, 0.3) is 0 Å². The van der Waals surface area contributed by atoms with E-state index >= 15 is 0 Å². The van der Waals surface area contributed by atoms with E-state index in [-0.39, 0.29) is 35.2 Å². The van der Waals surface area contributed by atoms with Crippen LogP contribution in [0.15, 0.2) is 34.8 Å². The lowest BCUT2D eigenvalue weighted by Gasteiger charge is -2.15. The Morgan fingerprint density at radius 2 is 2.18 bits per heavy atom. The fourth-order valence-electron chi connectivity index (χ4n) is 2.03. The second-order valence-electron chi connectivity index (χ2n) is 4.24. The van der Waals surface area contributed by atoms with E-state index < -0.39 is 24.6 Å². The Hall–Kier alpha value is -2.21. The minimum Gasteiger partial charge on any atom is -0.393 e. The molecule has 116 valence electrons. The molecule has 2 rings (SSSR count). The smallest absolute Gasteiger partial charge is 0.351 e. The van der Waals surface area contributed by atoms with Crippen LogP contribution < -0.4 is 11.4 Å². The summed E-state index contributed by atoms with van der Waals surface area (Å²) in [5, 5.41) is 11.2. The largest absolute Gasteiger partial charge is 0.393 e. The van der Waals surface area contributed by atoms with E-state index in [0.717, 1.165) is 4.57 Å². The monoisotopic (exact) mass is 329 g/mol. The highest BCUT2D eigenvalue weighted by molar-refractivity contribution is 6.30.